The molecule has 1 fully saturated rings. The Balaban J connectivity index is 1.77. The molecule has 0 aliphatic heterocycles. The van der Waals surface area contributed by atoms with Gasteiger partial charge in [0.1, 0.15) is 16.6 Å². The number of aromatic nitrogens is 4. The minimum atomic E-state index is -2.88. The predicted octanol–water partition coefficient (Wildman–Crippen LogP) is 4.19. The van der Waals surface area contributed by atoms with E-state index in [9.17, 15) is 18.7 Å². The number of nitrogen functional groups attached to an aromatic ring is 1. The lowest BCUT2D eigenvalue weighted by molar-refractivity contribution is 0.0567. The first kappa shape index (κ1) is 21.0. The van der Waals surface area contributed by atoms with Gasteiger partial charge in [-0.15, -0.1) is 0 Å². The molecule has 4 rings (SSSR count). The van der Waals surface area contributed by atoms with Crippen molar-refractivity contribution in [2.24, 2.45) is 0 Å². The molecule has 0 bridgehead atoms. The second-order valence-electron chi connectivity index (χ2n) is 7.17. The van der Waals surface area contributed by atoms with Crippen molar-refractivity contribution >= 4 is 23.5 Å². The van der Waals surface area contributed by atoms with Crippen molar-refractivity contribution in [1.29, 1.82) is 0 Å². The van der Waals surface area contributed by atoms with Gasteiger partial charge >= 0.3 is 12.5 Å². The van der Waals surface area contributed by atoms with Gasteiger partial charge in [-0.1, -0.05) is 11.6 Å². The fourth-order valence-corrected chi connectivity index (χ4v) is 3.46. The number of hydrogen-bond donors (Lipinski definition) is 2. The molecule has 0 radical (unpaired) electrons. The minimum Gasteiger partial charge on any atom is -0.490 e. The summed E-state index contributed by atoms with van der Waals surface area (Å²) in [5.74, 6) is -0.720. The number of anilines is 1. The number of aromatic carboxylic acids is 1. The maximum Gasteiger partial charge on any atom is 0.335 e. The highest BCUT2D eigenvalue weighted by Crippen LogP contribution is 2.33. The maximum atomic E-state index is 13.4. The van der Waals surface area contributed by atoms with Crippen LogP contribution in [0.15, 0.2) is 30.5 Å². The highest BCUT2D eigenvalue weighted by molar-refractivity contribution is 6.29. The molecule has 3 N–H and O–H groups in total. The summed E-state index contributed by atoms with van der Waals surface area (Å²) in [6.07, 6.45) is 4.22. The van der Waals surface area contributed by atoms with Crippen LogP contribution in [0.5, 0.6) is 5.75 Å². The van der Waals surface area contributed by atoms with Crippen molar-refractivity contribution in [2.45, 2.75) is 38.3 Å². The average molecular weight is 450 g/mol. The van der Waals surface area contributed by atoms with E-state index in [0.717, 1.165) is 19.3 Å². The topological polar surface area (TPSA) is 116 Å². The van der Waals surface area contributed by atoms with E-state index in [-0.39, 0.29) is 40.6 Å². The van der Waals surface area contributed by atoms with Crippen LogP contribution in [-0.2, 0) is 6.42 Å². The number of rotatable bonds is 7. The van der Waals surface area contributed by atoms with Crippen LogP contribution < -0.4 is 10.5 Å². The summed E-state index contributed by atoms with van der Waals surface area (Å²) in [5.41, 5.74) is 6.96. The zero-order valence-corrected chi connectivity index (χ0v) is 16.9. The lowest BCUT2D eigenvalue weighted by Crippen LogP contribution is -2.25. The molecule has 0 spiro atoms. The summed E-state index contributed by atoms with van der Waals surface area (Å²) in [5, 5.41) is 13.4. The van der Waals surface area contributed by atoms with Gasteiger partial charge in [-0.25, -0.2) is 19.4 Å². The molecule has 162 valence electrons. The van der Waals surface area contributed by atoms with Gasteiger partial charge in [0.05, 0.1) is 17.4 Å². The molecule has 1 saturated carbocycles. The molecule has 31 heavy (non-hydrogen) atoms. The average Bonchev–Trinajstić information content (AvgIpc) is 3.09. The van der Waals surface area contributed by atoms with Gasteiger partial charge in [0, 0.05) is 24.2 Å². The Morgan fingerprint density at radius 3 is 2.68 bits per heavy atom. The number of nitrogens with zero attached hydrogens (tertiary/aromatic N) is 4. The molecule has 1 aromatic carbocycles. The van der Waals surface area contributed by atoms with Crippen molar-refractivity contribution in [1.82, 2.24) is 19.7 Å². The van der Waals surface area contributed by atoms with E-state index < -0.39 is 12.5 Å². The Hall–Kier alpha value is -3.27. The number of alkyl halides is 2. The normalized spacial score (nSPS) is 13.9. The first-order valence-corrected chi connectivity index (χ1v) is 9.87. The number of benzene rings is 1. The zero-order chi connectivity index (χ0) is 22.1. The molecule has 0 atom stereocenters. The van der Waals surface area contributed by atoms with Crippen LogP contribution in [0.25, 0.3) is 11.4 Å². The van der Waals surface area contributed by atoms with Gasteiger partial charge in [0.25, 0.3) is 0 Å². The molecular formula is C20H18ClF2N5O3. The summed E-state index contributed by atoms with van der Waals surface area (Å²) < 4.78 is 33.2. The van der Waals surface area contributed by atoms with Gasteiger partial charge in [-0.05, 0) is 43.0 Å². The molecular weight excluding hydrogens is 432 g/mol. The van der Waals surface area contributed by atoms with Crippen LogP contribution >= 0.6 is 11.6 Å². The molecule has 0 unspecified atom stereocenters. The van der Waals surface area contributed by atoms with E-state index in [1.165, 1.54) is 24.4 Å². The molecule has 11 heteroatoms. The fourth-order valence-electron chi connectivity index (χ4n) is 3.27. The number of carboxylic acid groups (broad SMARTS) is 1. The van der Waals surface area contributed by atoms with Gasteiger partial charge in [-0.2, -0.15) is 13.9 Å². The van der Waals surface area contributed by atoms with Crippen LogP contribution in [0.3, 0.4) is 0 Å². The Bertz CT molecular complexity index is 1110. The summed E-state index contributed by atoms with van der Waals surface area (Å²) in [6.45, 7) is -2.88. The zero-order valence-electron chi connectivity index (χ0n) is 16.1. The quantitative estimate of drug-likeness (QED) is 0.519. The third-order valence-electron chi connectivity index (χ3n) is 5.00. The molecule has 1 aliphatic carbocycles. The van der Waals surface area contributed by atoms with Gasteiger partial charge < -0.3 is 15.6 Å². The number of nitrogens with two attached hydrogens (primary N) is 1. The van der Waals surface area contributed by atoms with E-state index in [1.54, 1.807) is 6.07 Å². The summed E-state index contributed by atoms with van der Waals surface area (Å²) in [4.78, 5) is 19.3. The van der Waals surface area contributed by atoms with E-state index in [1.807, 2.05) is 0 Å². The monoisotopic (exact) mass is 449 g/mol. The van der Waals surface area contributed by atoms with E-state index in [4.69, 9.17) is 22.1 Å². The second-order valence-corrected chi connectivity index (χ2v) is 7.56. The predicted molar refractivity (Wildman–Crippen MR) is 108 cm³/mol. The molecule has 0 amide bonds. The SMILES string of the molecule is Nc1nc(Cl)cc(-c2nn(C(F)F)cc2Cc2cc(C(=O)O)ccc2OC2CCC2)n1. The maximum absolute atomic E-state index is 13.4. The third-order valence-corrected chi connectivity index (χ3v) is 5.19. The first-order valence-electron chi connectivity index (χ1n) is 9.49. The Morgan fingerprint density at radius 1 is 1.29 bits per heavy atom. The first-order chi connectivity index (χ1) is 14.8. The van der Waals surface area contributed by atoms with Crippen molar-refractivity contribution in [3.8, 4) is 17.1 Å². The molecule has 8 nitrogen and oxygen atoms in total. The van der Waals surface area contributed by atoms with Crippen LogP contribution in [0.1, 0.15) is 47.3 Å². The number of halogens is 3. The largest absolute Gasteiger partial charge is 0.490 e. The highest BCUT2D eigenvalue weighted by Gasteiger charge is 2.23. The molecule has 2 heterocycles. The Kier molecular flexibility index (Phi) is 5.73. The van der Waals surface area contributed by atoms with Crippen molar-refractivity contribution in [3.63, 3.8) is 0 Å². The third kappa shape index (κ3) is 4.58. The van der Waals surface area contributed by atoms with Crippen LogP contribution in [-0.4, -0.2) is 36.9 Å². The number of hydrogen-bond acceptors (Lipinski definition) is 6. The van der Waals surface area contributed by atoms with E-state index in [2.05, 4.69) is 15.1 Å². The lowest BCUT2D eigenvalue weighted by Gasteiger charge is -2.27. The minimum absolute atomic E-state index is 0.0435. The molecule has 1 aliphatic rings. The van der Waals surface area contributed by atoms with E-state index >= 15 is 0 Å². The smallest absolute Gasteiger partial charge is 0.335 e. The molecule has 0 saturated heterocycles. The lowest BCUT2D eigenvalue weighted by atomic mass is 9.95. The van der Waals surface area contributed by atoms with Gasteiger partial charge in [-0.3, -0.25) is 0 Å². The summed E-state index contributed by atoms with van der Waals surface area (Å²) >= 11 is 5.94. The van der Waals surface area contributed by atoms with Crippen LogP contribution in [0.4, 0.5) is 14.7 Å². The number of carboxylic acids is 1. The fraction of sp³-hybridized carbons (Fsp3) is 0.300. The highest BCUT2D eigenvalue weighted by atomic mass is 35.5. The molecule has 2 aromatic heterocycles. The van der Waals surface area contributed by atoms with Crippen LogP contribution in [0, 0.1) is 0 Å². The van der Waals surface area contributed by atoms with Gasteiger partial charge in [0.2, 0.25) is 5.95 Å². The second kappa shape index (κ2) is 8.46. The van der Waals surface area contributed by atoms with Crippen LogP contribution in [0.2, 0.25) is 5.15 Å². The molecule has 3 aromatic rings. The summed E-state index contributed by atoms with van der Waals surface area (Å²) in [6, 6.07) is 5.89. The van der Waals surface area contributed by atoms with Gasteiger partial charge in [0.15, 0.2) is 0 Å². The number of carbonyl (C=O) groups is 1. The van der Waals surface area contributed by atoms with Crippen molar-refractivity contribution < 1.29 is 23.4 Å². The Labute approximate surface area is 180 Å². The van der Waals surface area contributed by atoms with Crippen molar-refractivity contribution in [2.75, 3.05) is 5.73 Å². The standard InChI is InChI=1S/C20H18ClF2N5O3/c21-16-8-14(25-20(24)26-16)17-12(9-28(27-17)19(22)23)7-11-6-10(18(29)30)4-5-15(11)31-13-2-1-3-13/h4-6,8-9,13,19H,1-3,7H2,(H,29,30)(H2,24,25,26). The van der Waals surface area contributed by atoms with E-state index in [0.29, 0.717) is 21.6 Å². The summed E-state index contributed by atoms with van der Waals surface area (Å²) in [7, 11) is 0. The Morgan fingerprint density at radius 2 is 2.06 bits per heavy atom. The number of ether oxygens (including phenoxy) is 1. The van der Waals surface area contributed by atoms with Crippen molar-refractivity contribution in [3.05, 3.63) is 52.3 Å².